The molecule has 1 aliphatic carbocycles. The third-order valence-corrected chi connectivity index (χ3v) is 6.02. The van der Waals surface area contributed by atoms with E-state index in [9.17, 15) is 19.5 Å². The largest absolute Gasteiger partial charge is 0.481 e. The van der Waals surface area contributed by atoms with Crippen molar-refractivity contribution < 1.29 is 29.0 Å². The molecule has 1 aromatic heterocycles. The van der Waals surface area contributed by atoms with Gasteiger partial charge in [0.15, 0.2) is 0 Å². The summed E-state index contributed by atoms with van der Waals surface area (Å²) in [6.45, 7) is 9.14. The molecule has 0 saturated heterocycles. The van der Waals surface area contributed by atoms with Crippen molar-refractivity contribution in [1.82, 2.24) is 14.9 Å². The van der Waals surface area contributed by atoms with Crippen LogP contribution in [0.1, 0.15) is 84.9 Å². The molecule has 1 aliphatic rings. The third-order valence-electron chi connectivity index (χ3n) is 6.02. The highest BCUT2D eigenvalue weighted by atomic mass is 16.7. The summed E-state index contributed by atoms with van der Waals surface area (Å²) < 4.78 is 12.2. The lowest BCUT2D eigenvalue weighted by atomic mass is 9.87. The molecule has 0 spiro atoms. The van der Waals surface area contributed by atoms with E-state index in [-0.39, 0.29) is 6.54 Å². The SMILES string of the molecule is CC1CCC(n2cnc(CC(CCCNC(=O)OC(C)OC(=O)C(C)(C)C)C(=O)O)c2)CC1. The molecular weight excluding hydrogens is 426 g/mol. The zero-order valence-electron chi connectivity index (χ0n) is 20.5. The summed E-state index contributed by atoms with van der Waals surface area (Å²) in [7, 11) is 0. The number of carbonyl (C=O) groups is 3. The Labute approximate surface area is 196 Å². The van der Waals surface area contributed by atoms with Gasteiger partial charge in [-0.3, -0.25) is 9.59 Å². The fourth-order valence-corrected chi connectivity index (χ4v) is 3.87. The Balaban J connectivity index is 1.72. The van der Waals surface area contributed by atoms with Gasteiger partial charge in [-0.2, -0.15) is 0 Å². The van der Waals surface area contributed by atoms with E-state index in [2.05, 4.69) is 21.8 Å². The number of aromatic nitrogens is 2. The molecule has 186 valence electrons. The van der Waals surface area contributed by atoms with E-state index in [1.165, 1.54) is 19.8 Å². The number of alkyl carbamates (subject to hydrolysis) is 1. The van der Waals surface area contributed by atoms with Crippen LogP contribution in [-0.2, 0) is 25.5 Å². The van der Waals surface area contributed by atoms with Crippen molar-refractivity contribution in [2.45, 2.75) is 91.9 Å². The van der Waals surface area contributed by atoms with Crippen LogP contribution in [0.3, 0.4) is 0 Å². The standard InChI is InChI=1S/C24H39N3O6/c1-16-8-10-20(11-9-16)27-14-19(26-15-27)13-18(21(28)29)7-6-12-25-23(31)33-17(2)32-22(30)24(3,4)5/h14-18,20H,6-13H2,1-5H3,(H,25,31)(H,28,29). The smallest absolute Gasteiger partial charge is 0.410 e. The predicted octanol–water partition coefficient (Wildman–Crippen LogP) is 4.32. The number of rotatable bonds is 10. The van der Waals surface area contributed by atoms with Gasteiger partial charge in [0.05, 0.1) is 23.4 Å². The molecule has 0 radical (unpaired) electrons. The van der Waals surface area contributed by atoms with Crippen molar-refractivity contribution >= 4 is 18.0 Å². The number of nitrogens with one attached hydrogen (secondary N) is 1. The number of carboxylic acid groups (broad SMARTS) is 1. The number of carbonyl (C=O) groups excluding carboxylic acids is 2. The van der Waals surface area contributed by atoms with Gasteiger partial charge in [-0.25, -0.2) is 9.78 Å². The first-order valence-corrected chi connectivity index (χ1v) is 11.9. The van der Waals surface area contributed by atoms with Crippen LogP contribution < -0.4 is 5.32 Å². The van der Waals surface area contributed by atoms with Crippen molar-refractivity contribution in [2.75, 3.05) is 6.54 Å². The topological polar surface area (TPSA) is 120 Å². The maximum absolute atomic E-state index is 11.9. The van der Waals surface area contributed by atoms with Gasteiger partial charge in [-0.05, 0) is 65.2 Å². The van der Waals surface area contributed by atoms with Crippen molar-refractivity contribution in [3.8, 4) is 0 Å². The number of hydrogen-bond acceptors (Lipinski definition) is 6. The summed E-state index contributed by atoms with van der Waals surface area (Å²) >= 11 is 0. The molecule has 1 amide bonds. The number of carboxylic acids is 1. The molecule has 9 heteroatoms. The van der Waals surface area contributed by atoms with E-state index in [4.69, 9.17) is 9.47 Å². The van der Waals surface area contributed by atoms with Crippen molar-refractivity contribution in [3.05, 3.63) is 18.2 Å². The second kappa shape index (κ2) is 12.0. The lowest BCUT2D eigenvalue weighted by Gasteiger charge is -2.26. The number of imidazole rings is 1. The Bertz CT molecular complexity index is 792. The number of aliphatic carboxylic acids is 1. The fraction of sp³-hybridized carbons (Fsp3) is 0.750. The average Bonchev–Trinajstić information content (AvgIpc) is 3.18. The summed E-state index contributed by atoms with van der Waals surface area (Å²) in [6.07, 6.45) is 8.00. The quantitative estimate of drug-likeness (QED) is 0.300. The van der Waals surface area contributed by atoms with Crippen LogP contribution in [0.4, 0.5) is 4.79 Å². The van der Waals surface area contributed by atoms with Crippen LogP contribution in [0.5, 0.6) is 0 Å². The van der Waals surface area contributed by atoms with Gasteiger partial charge in [-0.1, -0.05) is 6.92 Å². The fourth-order valence-electron chi connectivity index (χ4n) is 3.87. The Morgan fingerprint density at radius 3 is 2.48 bits per heavy atom. The number of esters is 1. The predicted molar refractivity (Wildman–Crippen MR) is 122 cm³/mol. The maximum atomic E-state index is 11.9. The molecule has 0 aliphatic heterocycles. The van der Waals surface area contributed by atoms with E-state index in [0.717, 1.165) is 24.5 Å². The van der Waals surface area contributed by atoms with Crippen molar-refractivity contribution in [3.63, 3.8) is 0 Å². The number of amides is 1. The van der Waals surface area contributed by atoms with Crippen LogP contribution in [0, 0.1) is 17.3 Å². The first-order chi connectivity index (χ1) is 15.5. The van der Waals surface area contributed by atoms with E-state index in [1.807, 2.05) is 12.5 Å². The maximum Gasteiger partial charge on any atom is 0.410 e. The van der Waals surface area contributed by atoms with Crippen molar-refractivity contribution in [2.24, 2.45) is 17.3 Å². The van der Waals surface area contributed by atoms with Crippen LogP contribution >= 0.6 is 0 Å². The van der Waals surface area contributed by atoms with Crippen LogP contribution in [-0.4, -0.2) is 45.5 Å². The Morgan fingerprint density at radius 1 is 1.21 bits per heavy atom. The van der Waals surface area contributed by atoms with Gasteiger partial charge in [0, 0.05) is 32.1 Å². The highest BCUT2D eigenvalue weighted by Gasteiger charge is 2.26. The minimum atomic E-state index is -1.01. The number of ether oxygens (including phenoxy) is 2. The second-order valence-corrected chi connectivity index (χ2v) is 10.2. The monoisotopic (exact) mass is 465 g/mol. The molecule has 1 fully saturated rings. The highest BCUT2D eigenvalue weighted by molar-refractivity contribution is 5.75. The minimum absolute atomic E-state index is 0.261. The van der Waals surface area contributed by atoms with Gasteiger partial charge in [-0.15, -0.1) is 0 Å². The molecule has 1 aromatic rings. The van der Waals surface area contributed by atoms with Crippen LogP contribution in [0.25, 0.3) is 0 Å². The summed E-state index contributed by atoms with van der Waals surface area (Å²) in [5.41, 5.74) is 0.0907. The van der Waals surface area contributed by atoms with Gasteiger partial charge in [0.25, 0.3) is 0 Å². The molecule has 2 N–H and O–H groups in total. The second-order valence-electron chi connectivity index (χ2n) is 10.2. The molecule has 0 bridgehead atoms. The van der Waals surface area contributed by atoms with Crippen LogP contribution in [0.2, 0.25) is 0 Å². The molecule has 9 nitrogen and oxygen atoms in total. The summed E-state index contributed by atoms with van der Waals surface area (Å²) in [5.74, 6) is -1.15. The Kier molecular flexibility index (Phi) is 9.73. The molecule has 1 heterocycles. The average molecular weight is 466 g/mol. The molecular formula is C24H39N3O6. The van der Waals surface area contributed by atoms with Gasteiger partial charge < -0.3 is 24.5 Å². The first kappa shape index (κ1) is 26.7. The van der Waals surface area contributed by atoms with Gasteiger partial charge >= 0.3 is 18.0 Å². The molecule has 33 heavy (non-hydrogen) atoms. The van der Waals surface area contributed by atoms with E-state index < -0.39 is 35.7 Å². The molecule has 2 atom stereocenters. The number of hydrogen-bond donors (Lipinski definition) is 2. The first-order valence-electron chi connectivity index (χ1n) is 11.9. The van der Waals surface area contributed by atoms with Gasteiger partial charge in [0.1, 0.15) is 0 Å². The van der Waals surface area contributed by atoms with Crippen molar-refractivity contribution in [1.29, 1.82) is 0 Å². The van der Waals surface area contributed by atoms with E-state index in [1.54, 1.807) is 20.8 Å². The summed E-state index contributed by atoms with van der Waals surface area (Å²) in [4.78, 5) is 39.8. The molecule has 1 saturated carbocycles. The summed E-state index contributed by atoms with van der Waals surface area (Å²) in [5, 5.41) is 12.2. The normalized spacial score (nSPS) is 20.5. The Morgan fingerprint density at radius 2 is 1.88 bits per heavy atom. The Hall–Kier alpha value is -2.58. The zero-order chi connectivity index (χ0) is 24.6. The minimum Gasteiger partial charge on any atom is -0.481 e. The molecule has 2 unspecified atom stereocenters. The molecule has 2 rings (SSSR count). The number of nitrogens with zero attached hydrogens (tertiary/aromatic N) is 2. The van der Waals surface area contributed by atoms with E-state index in [0.29, 0.717) is 25.3 Å². The van der Waals surface area contributed by atoms with Gasteiger partial charge in [0.2, 0.25) is 6.29 Å². The summed E-state index contributed by atoms with van der Waals surface area (Å²) in [6, 6.07) is 0.450. The highest BCUT2D eigenvalue weighted by Crippen LogP contribution is 2.32. The van der Waals surface area contributed by atoms with E-state index >= 15 is 0 Å². The lowest BCUT2D eigenvalue weighted by Crippen LogP contribution is -2.33. The third kappa shape index (κ3) is 9.06. The lowest BCUT2D eigenvalue weighted by molar-refractivity contribution is -0.174. The van der Waals surface area contributed by atoms with Crippen LogP contribution in [0.15, 0.2) is 12.5 Å². The molecule has 0 aromatic carbocycles. The zero-order valence-corrected chi connectivity index (χ0v) is 20.5.